The van der Waals surface area contributed by atoms with Crippen molar-refractivity contribution in [2.45, 2.75) is 121 Å². The van der Waals surface area contributed by atoms with Crippen LogP contribution in [0.4, 0.5) is 0 Å². The Morgan fingerprint density at radius 3 is 1.82 bits per heavy atom. The molecule has 0 heterocycles. The lowest BCUT2D eigenvalue weighted by Gasteiger charge is -2.36. The zero-order valence-corrected chi connectivity index (χ0v) is 28.2. The van der Waals surface area contributed by atoms with Crippen LogP contribution in [0.1, 0.15) is 121 Å². The van der Waals surface area contributed by atoms with Crippen molar-refractivity contribution in [3.8, 4) is 0 Å². The van der Waals surface area contributed by atoms with Gasteiger partial charge >= 0.3 is 0 Å². The largest absolute Gasteiger partial charge is 0.356 e. The summed E-state index contributed by atoms with van der Waals surface area (Å²) in [4.78, 5) is 24.9. The van der Waals surface area contributed by atoms with Crippen molar-refractivity contribution in [1.29, 1.82) is 0 Å². The van der Waals surface area contributed by atoms with Crippen molar-refractivity contribution >= 4 is 35.3 Å². The summed E-state index contributed by atoms with van der Waals surface area (Å²) in [5.41, 5.74) is 1.81. The number of thioether (sulfide) groups is 2. The zero-order chi connectivity index (χ0) is 28.9. The van der Waals surface area contributed by atoms with Crippen LogP contribution >= 0.6 is 23.5 Å². The summed E-state index contributed by atoms with van der Waals surface area (Å²) in [6, 6.07) is 0. The minimum atomic E-state index is 0.152. The number of hydrogen-bond donors (Lipinski definition) is 2. The molecular formula is C32H60N2O2S2. The van der Waals surface area contributed by atoms with Crippen molar-refractivity contribution in [1.82, 2.24) is 10.6 Å². The molecule has 2 saturated carbocycles. The number of fused-ring (bicyclic) bond motifs is 1. The molecule has 38 heavy (non-hydrogen) atoms. The Morgan fingerprint density at radius 1 is 0.658 bits per heavy atom. The number of hydrogen-bond acceptors (Lipinski definition) is 4. The SMILES string of the molecule is CC(C)(C)CCNC(=O)CSCC(C)(C)CCC(C)(C)CCNC(=O)CC12CCC1(CSCC(C)(C)C)C2. The van der Waals surface area contributed by atoms with Crippen molar-refractivity contribution < 1.29 is 9.59 Å². The molecule has 2 unspecified atom stereocenters. The average Bonchev–Trinajstić information content (AvgIpc) is 3.17. The molecule has 2 rings (SSSR count). The van der Waals surface area contributed by atoms with Crippen LogP contribution in [0.25, 0.3) is 0 Å². The van der Waals surface area contributed by atoms with Gasteiger partial charge in [-0.05, 0) is 94.7 Å². The van der Waals surface area contributed by atoms with Crippen molar-refractivity contribution in [3.63, 3.8) is 0 Å². The first kappa shape index (κ1) is 33.8. The smallest absolute Gasteiger partial charge is 0.229 e. The third kappa shape index (κ3) is 11.6. The predicted octanol–water partition coefficient (Wildman–Crippen LogP) is 7.95. The van der Waals surface area contributed by atoms with Gasteiger partial charge in [0.25, 0.3) is 0 Å². The van der Waals surface area contributed by atoms with Gasteiger partial charge in [-0.15, -0.1) is 0 Å². The van der Waals surface area contributed by atoms with Gasteiger partial charge in [-0.2, -0.15) is 23.5 Å². The Labute approximate surface area is 244 Å². The molecule has 0 radical (unpaired) electrons. The lowest BCUT2D eigenvalue weighted by molar-refractivity contribution is -0.123. The van der Waals surface area contributed by atoms with Crippen molar-refractivity contribution in [2.24, 2.45) is 32.5 Å². The van der Waals surface area contributed by atoms with Gasteiger partial charge in [0.05, 0.1) is 5.75 Å². The van der Waals surface area contributed by atoms with Crippen LogP contribution in [0, 0.1) is 32.5 Å². The zero-order valence-electron chi connectivity index (χ0n) is 26.5. The first-order valence-corrected chi connectivity index (χ1v) is 17.3. The molecule has 2 fully saturated rings. The van der Waals surface area contributed by atoms with Gasteiger partial charge < -0.3 is 10.6 Å². The third-order valence-corrected chi connectivity index (χ3v) is 12.0. The fourth-order valence-electron chi connectivity index (χ4n) is 5.61. The van der Waals surface area contributed by atoms with E-state index in [0.29, 0.717) is 22.0 Å². The van der Waals surface area contributed by atoms with E-state index in [9.17, 15) is 9.59 Å². The summed E-state index contributed by atoms with van der Waals surface area (Å²) in [6.45, 7) is 24.4. The van der Waals surface area contributed by atoms with Crippen LogP contribution in [0.5, 0.6) is 0 Å². The molecule has 2 N–H and O–H groups in total. The van der Waals surface area contributed by atoms with Crippen LogP contribution in [-0.4, -0.2) is 47.9 Å². The number of amides is 2. The Bertz CT molecular complexity index is 796. The predicted molar refractivity (Wildman–Crippen MR) is 169 cm³/mol. The summed E-state index contributed by atoms with van der Waals surface area (Å²) in [6.07, 6.45) is 8.84. The van der Waals surface area contributed by atoms with Gasteiger partial charge in [-0.1, -0.05) is 69.2 Å². The Kier molecular flexibility index (Phi) is 11.7. The fourth-order valence-corrected chi connectivity index (χ4v) is 8.36. The summed E-state index contributed by atoms with van der Waals surface area (Å²) >= 11 is 3.85. The van der Waals surface area contributed by atoms with Gasteiger partial charge in [0.2, 0.25) is 11.8 Å². The molecule has 222 valence electrons. The molecular weight excluding hydrogens is 508 g/mol. The van der Waals surface area contributed by atoms with E-state index >= 15 is 0 Å². The Morgan fingerprint density at radius 2 is 1.24 bits per heavy atom. The summed E-state index contributed by atoms with van der Waals surface area (Å²) in [5, 5.41) is 6.32. The monoisotopic (exact) mass is 568 g/mol. The highest BCUT2D eigenvalue weighted by atomic mass is 32.2. The minimum Gasteiger partial charge on any atom is -0.356 e. The molecule has 2 aliphatic rings. The van der Waals surface area contributed by atoms with Crippen LogP contribution in [0.2, 0.25) is 0 Å². The number of nitrogens with one attached hydrogen (secondary N) is 2. The van der Waals surface area contributed by atoms with Gasteiger partial charge in [-0.3, -0.25) is 9.59 Å². The van der Waals surface area contributed by atoms with E-state index in [-0.39, 0.29) is 28.1 Å². The highest BCUT2D eigenvalue weighted by Gasteiger charge is 2.73. The van der Waals surface area contributed by atoms with E-state index in [1.807, 2.05) is 0 Å². The molecule has 0 aromatic heterocycles. The molecule has 0 aromatic rings. The third-order valence-electron chi connectivity index (χ3n) is 8.70. The van der Waals surface area contributed by atoms with Crippen molar-refractivity contribution in [2.75, 3.05) is 36.1 Å². The molecule has 0 aliphatic heterocycles. The Hall–Kier alpha value is -0.360. The second kappa shape index (κ2) is 13.1. The van der Waals surface area contributed by atoms with Gasteiger partial charge in [0.15, 0.2) is 0 Å². The highest BCUT2D eigenvalue weighted by Crippen LogP contribution is 2.80. The average molecular weight is 569 g/mol. The van der Waals surface area contributed by atoms with Crippen molar-refractivity contribution in [3.05, 3.63) is 0 Å². The standard InChI is InChI=1S/C32H60N2O2S2/c1-27(2,3)15-17-34-26(36)20-37-23-30(9,10)12-11-29(7,8)16-18-33-25(35)19-31-13-14-32(31,21-31)24-38-22-28(4,5)6/h11-24H2,1-10H3,(H,33,35)(H,34,36). The fraction of sp³-hybridized carbons (Fsp3) is 0.938. The molecule has 2 atom stereocenters. The molecule has 0 aromatic carbocycles. The second-order valence-electron chi connectivity index (χ2n) is 16.5. The lowest BCUT2D eigenvalue weighted by atomic mass is 9.73. The topological polar surface area (TPSA) is 58.2 Å². The van der Waals surface area contributed by atoms with Crippen LogP contribution in [0.3, 0.4) is 0 Å². The van der Waals surface area contributed by atoms with Gasteiger partial charge in [0.1, 0.15) is 0 Å². The maximum atomic E-state index is 12.8. The summed E-state index contributed by atoms with van der Waals surface area (Å²) in [5.74, 6) is 4.39. The van der Waals surface area contributed by atoms with Crippen LogP contribution < -0.4 is 10.6 Å². The molecule has 0 spiro atoms. The van der Waals surface area contributed by atoms with E-state index in [0.717, 1.165) is 50.9 Å². The lowest BCUT2D eigenvalue weighted by Crippen LogP contribution is -2.35. The first-order chi connectivity index (χ1) is 17.3. The van der Waals surface area contributed by atoms with Gasteiger partial charge in [-0.25, -0.2) is 0 Å². The maximum Gasteiger partial charge on any atom is 0.229 e. The van der Waals surface area contributed by atoms with E-state index < -0.39 is 0 Å². The number of carbonyl (C=O) groups excluding carboxylic acids is 2. The molecule has 6 heteroatoms. The summed E-state index contributed by atoms with van der Waals surface area (Å²) < 4.78 is 0. The van der Waals surface area contributed by atoms with E-state index in [2.05, 4.69) is 91.6 Å². The molecule has 0 saturated heterocycles. The quantitative estimate of drug-likeness (QED) is 0.187. The maximum absolute atomic E-state index is 12.8. The molecule has 2 amide bonds. The van der Waals surface area contributed by atoms with E-state index in [1.165, 1.54) is 30.8 Å². The summed E-state index contributed by atoms with van der Waals surface area (Å²) in [7, 11) is 0. The molecule has 0 bridgehead atoms. The van der Waals surface area contributed by atoms with Gasteiger partial charge in [0, 0.05) is 19.5 Å². The van der Waals surface area contributed by atoms with E-state index in [4.69, 9.17) is 0 Å². The number of rotatable bonds is 17. The van der Waals surface area contributed by atoms with Crippen LogP contribution in [0.15, 0.2) is 0 Å². The highest BCUT2D eigenvalue weighted by molar-refractivity contribution is 8.00. The van der Waals surface area contributed by atoms with E-state index in [1.54, 1.807) is 11.8 Å². The minimum absolute atomic E-state index is 0.152. The Balaban J connectivity index is 1.60. The second-order valence-corrected chi connectivity index (χ2v) is 18.5. The normalized spacial score (nSPS) is 23.4. The molecule has 4 nitrogen and oxygen atoms in total. The first-order valence-electron chi connectivity index (χ1n) is 15.0. The van der Waals surface area contributed by atoms with Crippen LogP contribution in [-0.2, 0) is 9.59 Å². The number of carbonyl (C=O) groups is 2. The molecule has 2 aliphatic carbocycles.